The third-order valence-electron chi connectivity index (χ3n) is 5.82. The molecular weight excluding hydrogens is 520 g/mol. The molecule has 1 aliphatic rings. The van der Waals surface area contributed by atoms with Crippen LogP contribution in [0.1, 0.15) is 37.9 Å². The highest BCUT2D eigenvalue weighted by Gasteiger charge is 2.33. The Morgan fingerprint density at radius 2 is 1.90 bits per heavy atom. The fourth-order valence-electron chi connectivity index (χ4n) is 4.17. The van der Waals surface area contributed by atoms with Crippen LogP contribution >= 0.6 is 11.3 Å². The van der Waals surface area contributed by atoms with Gasteiger partial charge in [-0.3, -0.25) is 14.2 Å². The van der Waals surface area contributed by atoms with Gasteiger partial charge in [0.1, 0.15) is 12.4 Å². The number of carbonyl (C=O) groups excluding carboxylic acids is 2. The zero-order chi connectivity index (χ0) is 28.1. The molecule has 1 unspecified atom stereocenters. The van der Waals surface area contributed by atoms with Gasteiger partial charge >= 0.3 is 11.9 Å². The van der Waals surface area contributed by atoms with E-state index in [-0.39, 0.29) is 17.7 Å². The predicted molar refractivity (Wildman–Crippen MR) is 147 cm³/mol. The third kappa shape index (κ3) is 5.85. The molecule has 2 aromatic carbocycles. The summed E-state index contributed by atoms with van der Waals surface area (Å²) in [6.07, 6.45) is 3.19. The SMILES string of the molecule is C=CCOC(=O)C1=C(C)N=c2s/c(=C\c3ccc(OC(C)=O)c(OCC)c3)c(=O)n2C1c1ccc(OC)cc1. The van der Waals surface area contributed by atoms with Gasteiger partial charge in [-0.1, -0.05) is 42.2 Å². The molecule has 2 heterocycles. The summed E-state index contributed by atoms with van der Waals surface area (Å²) < 4.78 is 23.4. The molecule has 0 fully saturated rings. The summed E-state index contributed by atoms with van der Waals surface area (Å²) in [4.78, 5) is 43.4. The Morgan fingerprint density at radius 1 is 1.15 bits per heavy atom. The summed E-state index contributed by atoms with van der Waals surface area (Å²) >= 11 is 1.21. The molecule has 3 aromatic rings. The van der Waals surface area contributed by atoms with Crippen molar-refractivity contribution in [3.05, 3.63) is 97.2 Å². The predicted octanol–water partition coefficient (Wildman–Crippen LogP) is 3.30. The van der Waals surface area contributed by atoms with Crippen molar-refractivity contribution < 1.29 is 28.5 Å². The van der Waals surface area contributed by atoms with Gasteiger partial charge in [0.2, 0.25) is 0 Å². The molecule has 0 spiro atoms. The van der Waals surface area contributed by atoms with Crippen molar-refractivity contribution in [2.45, 2.75) is 26.8 Å². The Morgan fingerprint density at radius 3 is 2.54 bits per heavy atom. The maximum atomic E-state index is 13.8. The molecule has 9 nitrogen and oxygen atoms in total. The van der Waals surface area contributed by atoms with Crippen molar-refractivity contribution >= 4 is 29.4 Å². The Hall–Kier alpha value is -4.44. The molecule has 0 saturated heterocycles. The fraction of sp³-hybridized carbons (Fsp3) is 0.241. The lowest BCUT2D eigenvalue weighted by Gasteiger charge is -2.24. The number of aromatic nitrogens is 1. The lowest BCUT2D eigenvalue weighted by Crippen LogP contribution is -2.39. The van der Waals surface area contributed by atoms with E-state index in [0.29, 0.717) is 50.0 Å². The van der Waals surface area contributed by atoms with Crippen molar-refractivity contribution in [1.29, 1.82) is 0 Å². The molecule has 1 aliphatic heterocycles. The number of allylic oxidation sites excluding steroid dienone is 1. The zero-order valence-corrected chi connectivity index (χ0v) is 22.9. The van der Waals surface area contributed by atoms with E-state index in [0.717, 1.165) is 0 Å². The van der Waals surface area contributed by atoms with Crippen LogP contribution in [0.4, 0.5) is 0 Å². The lowest BCUT2D eigenvalue weighted by molar-refractivity contribution is -0.138. The zero-order valence-electron chi connectivity index (χ0n) is 22.1. The quantitative estimate of drug-likeness (QED) is 0.230. The first-order chi connectivity index (χ1) is 18.8. The van der Waals surface area contributed by atoms with Gasteiger partial charge in [0, 0.05) is 6.92 Å². The molecule has 0 amide bonds. The average molecular weight is 549 g/mol. The Kier molecular flexibility index (Phi) is 8.46. The Labute approximate surface area is 228 Å². The number of nitrogens with zero attached hydrogens (tertiary/aromatic N) is 2. The first kappa shape index (κ1) is 27.6. The second kappa shape index (κ2) is 12.0. The molecule has 0 saturated carbocycles. The van der Waals surface area contributed by atoms with Gasteiger partial charge in [0.05, 0.1) is 35.6 Å². The second-order valence-electron chi connectivity index (χ2n) is 8.47. The first-order valence-corrected chi connectivity index (χ1v) is 13.0. The summed E-state index contributed by atoms with van der Waals surface area (Å²) in [6.45, 7) is 8.85. The van der Waals surface area contributed by atoms with Crippen molar-refractivity contribution in [3.8, 4) is 17.2 Å². The minimum absolute atomic E-state index is 0.0286. The van der Waals surface area contributed by atoms with E-state index in [1.807, 2.05) is 19.1 Å². The van der Waals surface area contributed by atoms with E-state index in [9.17, 15) is 14.4 Å². The summed E-state index contributed by atoms with van der Waals surface area (Å²) in [5.74, 6) is 0.279. The van der Waals surface area contributed by atoms with Crippen molar-refractivity contribution in [2.24, 2.45) is 4.99 Å². The topological polar surface area (TPSA) is 105 Å². The van der Waals surface area contributed by atoms with Gasteiger partial charge < -0.3 is 18.9 Å². The van der Waals surface area contributed by atoms with Gasteiger partial charge in [-0.15, -0.1) is 0 Å². The highest BCUT2D eigenvalue weighted by atomic mass is 32.1. The van der Waals surface area contributed by atoms with Crippen LogP contribution in [-0.4, -0.2) is 36.8 Å². The number of hydrogen-bond acceptors (Lipinski definition) is 9. The summed E-state index contributed by atoms with van der Waals surface area (Å²) in [7, 11) is 1.57. The Balaban J connectivity index is 1.87. The van der Waals surface area contributed by atoms with Crippen molar-refractivity contribution in [3.63, 3.8) is 0 Å². The monoisotopic (exact) mass is 548 g/mol. The molecule has 10 heteroatoms. The molecule has 0 N–H and O–H groups in total. The normalized spacial score (nSPS) is 14.8. The molecule has 39 heavy (non-hydrogen) atoms. The highest BCUT2D eigenvalue weighted by Crippen LogP contribution is 2.32. The van der Waals surface area contributed by atoms with E-state index in [4.69, 9.17) is 18.9 Å². The van der Waals surface area contributed by atoms with E-state index < -0.39 is 18.0 Å². The Bertz CT molecular complexity index is 1630. The molecule has 0 bridgehead atoms. The van der Waals surface area contributed by atoms with Crippen molar-refractivity contribution in [1.82, 2.24) is 4.57 Å². The van der Waals surface area contributed by atoms with E-state index in [1.54, 1.807) is 50.4 Å². The van der Waals surface area contributed by atoms with E-state index in [1.165, 1.54) is 28.9 Å². The van der Waals surface area contributed by atoms with E-state index >= 15 is 0 Å². The van der Waals surface area contributed by atoms with Gasteiger partial charge in [-0.25, -0.2) is 9.79 Å². The summed E-state index contributed by atoms with van der Waals surface area (Å²) in [6, 6.07) is 11.4. The van der Waals surface area contributed by atoms with Crippen LogP contribution in [0.3, 0.4) is 0 Å². The largest absolute Gasteiger partial charge is 0.497 e. The molecule has 1 atom stereocenters. The molecule has 202 valence electrons. The molecular formula is C29H28N2O7S. The lowest BCUT2D eigenvalue weighted by atomic mass is 9.96. The summed E-state index contributed by atoms with van der Waals surface area (Å²) in [5, 5.41) is 0. The number of thiazole rings is 1. The van der Waals surface area contributed by atoms with Crippen LogP contribution in [0.5, 0.6) is 17.2 Å². The summed E-state index contributed by atoms with van der Waals surface area (Å²) in [5.41, 5.74) is 1.78. The second-order valence-corrected chi connectivity index (χ2v) is 9.48. The van der Waals surface area contributed by atoms with Crippen molar-refractivity contribution in [2.75, 3.05) is 20.3 Å². The average Bonchev–Trinajstić information content (AvgIpc) is 3.22. The number of fused-ring (bicyclic) bond motifs is 1. The molecule has 4 rings (SSSR count). The molecule has 1 aromatic heterocycles. The van der Waals surface area contributed by atoms with Crippen LogP contribution in [-0.2, 0) is 14.3 Å². The van der Waals surface area contributed by atoms with Crippen LogP contribution < -0.4 is 29.1 Å². The minimum Gasteiger partial charge on any atom is -0.497 e. The van der Waals surface area contributed by atoms with E-state index in [2.05, 4.69) is 11.6 Å². The number of rotatable bonds is 9. The van der Waals surface area contributed by atoms with Gasteiger partial charge in [-0.2, -0.15) is 0 Å². The number of carbonyl (C=O) groups is 2. The van der Waals surface area contributed by atoms with Crippen LogP contribution in [0.25, 0.3) is 6.08 Å². The van der Waals surface area contributed by atoms with Gasteiger partial charge in [0.25, 0.3) is 5.56 Å². The van der Waals surface area contributed by atoms with Crippen LogP contribution in [0, 0.1) is 0 Å². The number of hydrogen-bond donors (Lipinski definition) is 0. The third-order valence-corrected chi connectivity index (χ3v) is 6.81. The number of esters is 2. The standard InChI is InChI=1S/C29H28N2O7S/c1-6-14-37-28(34)25-17(3)30-29-31(26(25)20-9-11-21(35-5)12-10-20)27(33)24(39-29)16-19-8-13-22(38-18(4)32)23(15-19)36-7-2/h6,8-13,15-16,26H,1,7,14H2,2-5H3/b24-16-. The number of ether oxygens (including phenoxy) is 4. The maximum absolute atomic E-state index is 13.8. The van der Waals surface area contributed by atoms with Crippen LogP contribution in [0.2, 0.25) is 0 Å². The molecule has 0 aliphatic carbocycles. The van der Waals surface area contributed by atoms with Gasteiger partial charge in [-0.05, 0) is 55.3 Å². The van der Waals surface area contributed by atoms with Crippen LogP contribution in [0.15, 0.2) is 76.2 Å². The maximum Gasteiger partial charge on any atom is 0.338 e. The van der Waals surface area contributed by atoms with Gasteiger partial charge in [0.15, 0.2) is 16.3 Å². The fourth-order valence-corrected chi connectivity index (χ4v) is 5.22. The minimum atomic E-state index is -0.753. The first-order valence-electron chi connectivity index (χ1n) is 12.2. The smallest absolute Gasteiger partial charge is 0.338 e. The molecule has 0 radical (unpaired) electrons. The number of benzene rings is 2. The number of methoxy groups -OCH3 is 1. The highest BCUT2D eigenvalue weighted by molar-refractivity contribution is 7.07.